The molecule has 0 spiro atoms. The number of carboxylic acids is 1. The molecule has 1 amide bonds. The topological polar surface area (TPSA) is 83.9 Å². The van der Waals surface area contributed by atoms with E-state index in [0.717, 1.165) is 4.88 Å². The third-order valence-corrected chi connectivity index (χ3v) is 4.72. The van der Waals surface area contributed by atoms with E-state index >= 15 is 0 Å². The zero-order valence-corrected chi connectivity index (χ0v) is 12.2. The van der Waals surface area contributed by atoms with E-state index in [1.165, 1.54) is 23.3 Å². The lowest BCUT2D eigenvalue weighted by molar-refractivity contribution is -0.145. The van der Waals surface area contributed by atoms with Crippen molar-refractivity contribution in [2.45, 2.75) is 20.3 Å². The van der Waals surface area contributed by atoms with Crippen LogP contribution < -0.4 is 4.90 Å². The highest BCUT2D eigenvalue weighted by Crippen LogP contribution is 2.38. The van der Waals surface area contributed by atoms with Crippen LogP contribution in [0.5, 0.6) is 0 Å². The number of rotatable bonds is 3. The Morgan fingerprint density at radius 3 is 2.60 bits per heavy atom. The van der Waals surface area contributed by atoms with Crippen LogP contribution in [0.15, 0.2) is 0 Å². The Morgan fingerprint density at radius 1 is 1.40 bits per heavy atom. The number of carboxylic acid groups (broad SMARTS) is 1. The maximum atomic E-state index is 12.0. The fraction of sp³-hybridized carbons (Fsp3) is 0.462. The molecule has 7 heteroatoms. The largest absolute Gasteiger partial charge is 0.478 e. The van der Waals surface area contributed by atoms with Gasteiger partial charge in [-0.25, -0.2) is 4.79 Å². The highest BCUT2D eigenvalue weighted by atomic mass is 32.1. The lowest BCUT2D eigenvalue weighted by Crippen LogP contribution is -2.26. The van der Waals surface area contributed by atoms with E-state index in [0.29, 0.717) is 10.6 Å². The predicted molar refractivity (Wildman–Crippen MR) is 73.2 cm³/mol. The van der Waals surface area contributed by atoms with Crippen LogP contribution in [-0.2, 0) is 14.3 Å². The monoisotopic (exact) mass is 297 g/mol. The Kier molecular flexibility index (Phi) is 3.80. The summed E-state index contributed by atoms with van der Waals surface area (Å²) in [7, 11) is 1.28. The summed E-state index contributed by atoms with van der Waals surface area (Å²) < 4.78 is 4.64. The molecular formula is C13H15NO5S. The van der Waals surface area contributed by atoms with Crippen LogP contribution in [-0.4, -0.2) is 36.6 Å². The maximum Gasteiger partial charge on any atom is 0.339 e. The average Bonchev–Trinajstić information content (AvgIpc) is 2.90. The van der Waals surface area contributed by atoms with Gasteiger partial charge in [-0.3, -0.25) is 9.59 Å². The zero-order valence-electron chi connectivity index (χ0n) is 11.4. The summed E-state index contributed by atoms with van der Waals surface area (Å²) >= 11 is 1.26. The first-order valence-corrected chi connectivity index (χ1v) is 6.90. The second kappa shape index (κ2) is 5.24. The van der Waals surface area contributed by atoms with Gasteiger partial charge < -0.3 is 14.7 Å². The van der Waals surface area contributed by atoms with Gasteiger partial charge in [0.2, 0.25) is 5.91 Å². The molecule has 1 unspecified atom stereocenters. The fourth-order valence-corrected chi connectivity index (χ4v) is 3.45. The van der Waals surface area contributed by atoms with Crippen LogP contribution >= 0.6 is 11.3 Å². The Bertz CT molecular complexity index is 592. The van der Waals surface area contributed by atoms with E-state index in [1.54, 1.807) is 6.92 Å². The van der Waals surface area contributed by atoms with Gasteiger partial charge >= 0.3 is 11.9 Å². The standard InChI is InChI=1S/C13H15NO5S/c1-6-7(2)20-11(10(6)12(16)17)14-5-8(4-9(14)15)13(18)19-3/h8H,4-5H2,1-3H3,(H,16,17). The number of methoxy groups -OCH3 is 1. The maximum absolute atomic E-state index is 12.0. The molecule has 20 heavy (non-hydrogen) atoms. The van der Waals surface area contributed by atoms with Crippen LogP contribution in [0.4, 0.5) is 5.00 Å². The number of amides is 1. The Hall–Kier alpha value is -1.89. The molecule has 1 saturated heterocycles. The predicted octanol–water partition coefficient (Wildman–Crippen LogP) is 1.59. The summed E-state index contributed by atoms with van der Waals surface area (Å²) in [5.74, 6) is -2.28. The van der Waals surface area contributed by atoms with E-state index < -0.39 is 17.9 Å². The molecule has 1 aromatic heterocycles. The second-order valence-corrected chi connectivity index (χ2v) is 5.90. The molecule has 1 atom stereocenters. The lowest BCUT2D eigenvalue weighted by Gasteiger charge is -2.15. The molecular weight excluding hydrogens is 282 g/mol. The molecule has 0 aliphatic carbocycles. The van der Waals surface area contributed by atoms with Crippen molar-refractivity contribution < 1.29 is 24.2 Å². The quantitative estimate of drug-likeness (QED) is 0.856. The molecule has 1 aliphatic rings. The van der Waals surface area contributed by atoms with Crippen LogP contribution in [0, 0.1) is 19.8 Å². The first kappa shape index (κ1) is 14.5. The zero-order chi connectivity index (χ0) is 15.0. The molecule has 2 rings (SSSR count). The second-order valence-electron chi connectivity index (χ2n) is 4.70. The summed E-state index contributed by atoms with van der Waals surface area (Å²) in [6.45, 7) is 3.70. The Morgan fingerprint density at radius 2 is 2.05 bits per heavy atom. The summed E-state index contributed by atoms with van der Waals surface area (Å²) in [5.41, 5.74) is 0.804. The molecule has 1 aliphatic heterocycles. The summed E-state index contributed by atoms with van der Waals surface area (Å²) in [5, 5.41) is 9.71. The number of anilines is 1. The molecule has 0 aromatic carbocycles. The van der Waals surface area contributed by atoms with Gasteiger partial charge in [0.1, 0.15) is 5.00 Å². The van der Waals surface area contributed by atoms with Crippen molar-refractivity contribution >= 4 is 34.2 Å². The summed E-state index contributed by atoms with van der Waals surface area (Å²) in [6, 6.07) is 0. The van der Waals surface area contributed by atoms with Gasteiger partial charge in [-0.1, -0.05) is 0 Å². The fourth-order valence-electron chi connectivity index (χ4n) is 2.28. The molecule has 2 heterocycles. The lowest BCUT2D eigenvalue weighted by atomic mass is 10.1. The van der Waals surface area contributed by atoms with E-state index in [2.05, 4.69) is 4.74 Å². The number of aryl methyl sites for hydroxylation is 1. The van der Waals surface area contributed by atoms with Crippen LogP contribution in [0.25, 0.3) is 0 Å². The first-order valence-electron chi connectivity index (χ1n) is 6.08. The van der Waals surface area contributed by atoms with E-state index in [1.807, 2.05) is 6.92 Å². The molecule has 6 nitrogen and oxygen atoms in total. The normalized spacial score (nSPS) is 18.4. The Labute approximate surface area is 120 Å². The van der Waals surface area contributed by atoms with Gasteiger partial charge in [-0.2, -0.15) is 0 Å². The summed E-state index contributed by atoms with van der Waals surface area (Å²) in [4.78, 5) is 37.2. The number of ether oxygens (including phenoxy) is 1. The van der Waals surface area contributed by atoms with Crippen molar-refractivity contribution in [3.63, 3.8) is 0 Å². The highest BCUT2D eigenvalue weighted by molar-refractivity contribution is 7.16. The van der Waals surface area contributed by atoms with Crippen molar-refractivity contribution in [1.29, 1.82) is 0 Å². The number of carbonyl (C=O) groups is 3. The highest BCUT2D eigenvalue weighted by Gasteiger charge is 2.38. The summed E-state index contributed by atoms with van der Waals surface area (Å²) in [6.07, 6.45) is 0.0573. The molecule has 1 N–H and O–H groups in total. The third kappa shape index (κ3) is 2.29. The van der Waals surface area contributed by atoms with Gasteiger partial charge in [0.15, 0.2) is 0 Å². The minimum absolute atomic E-state index is 0.0573. The number of carbonyl (C=O) groups excluding carboxylic acids is 2. The smallest absolute Gasteiger partial charge is 0.339 e. The van der Waals surface area contributed by atoms with Gasteiger partial charge in [0.25, 0.3) is 0 Å². The van der Waals surface area contributed by atoms with Gasteiger partial charge in [-0.15, -0.1) is 11.3 Å². The molecule has 1 fully saturated rings. The SMILES string of the molecule is COC(=O)C1CC(=O)N(c2sc(C)c(C)c2C(=O)O)C1. The number of esters is 1. The Balaban J connectivity index is 2.38. The minimum Gasteiger partial charge on any atom is -0.478 e. The van der Waals surface area contributed by atoms with Crippen molar-refractivity contribution in [1.82, 2.24) is 0 Å². The third-order valence-electron chi connectivity index (χ3n) is 3.49. The van der Waals surface area contributed by atoms with Crippen LogP contribution in [0.2, 0.25) is 0 Å². The van der Waals surface area contributed by atoms with Gasteiger partial charge in [-0.05, 0) is 19.4 Å². The van der Waals surface area contributed by atoms with Gasteiger partial charge in [0.05, 0.1) is 18.6 Å². The van der Waals surface area contributed by atoms with Crippen molar-refractivity contribution in [3.05, 3.63) is 16.0 Å². The number of nitrogens with zero attached hydrogens (tertiary/aromatic N) is 1. The van der Waals surface area contributed by atoms with Crippen molar-refractivity contribution in [2.24, 2.45) is 5.92 Å². The van der Waals surface area contributed by atoms with E-state index in [4.69, 9.17) is 0 Å². The number of hydrogen-bond donors (Lipinski definition) is 1. The number of hydrogen-bond acceptors (Lipinski definition) is 5. The van der Waals surface area contributed by atoms with Crippen molar-refractivity contribution in [3.8, 4) is 0 Å². The van der Waals surface area contributed by atoms with E-state index in [9.17, 15) is 19.5 Å². The minimum atomic E-state index is -1.06. The molecule has 0 bridgehead atoms. The number of aromatic carboxylic acids is 1. The van der Waals surface area contributed by atoms with Crippen molar-refractivity contribution in [2.75, 3.05) is 18.6 Å². The molecule has 1 aromatic rings. The number of thiophene rings is 1. The van der Waals surface area contributed by atoms with Crippen LogP contribution in [0.1, 0.15) is 27.2 Å². The van der Waals surface area contributed by atoms with Gasteiger partial charge in [0, 0.05) is 17.8 Å². The van der Waals surface area contributed by atoms with Crippen LogP contribution in [0.3, 0.4) is 0 Å². The molecule has 108 valence electrons. The average molecular weight is 297 g/mol. The molecule has 0 saturated carbocycles. The first-order chi connectivity index (χ1) is 9.36. The van der Waals surface area contributed by atoms with E-state index in [-0.39, 0.29) is 24.4 Å². The molecule has 0 radical (unpaired) electrons.